The molecule has 3 aromatic heterocycles. The van der Waals surface area contributed by atoms with E-state index in [2.05, 4.69) is 32.4 Å². The van der Waals surface area contributed by atoms with Gasteiger partial charge in [-0.25, -0.2) is 15.0 Å². The largest absolute Gasteiger partial charge is 0.367 e. The van der Waals surface area contributed by atoms with Crippen molar-refractivity contribution >= 4 is 37.6 Å². The summed E-state index contributed by atoms with van der Waals surface area (Å²) < 4.78 is 2.24. The standard InChI is InChI=1S/C20H17N5OS/c26-20-17-16(15-18(24-13-5-6-13)21-9-22-19(15)27-17)23-10-25(20)14-7-3-12(4-8-14)11-1-2-11/h3-4,7-11,13H,1-2,5-6H2,(H,21,22,24). The lowest BCUT2D eigenvalue weighted by atomic mass is 10.1. The smallest absolute Gasteiger partial charge is 0.275 e. The summed E-state index contributed by atoms with van der Waals surface area (Å²) in [5, 5.41) is 4.29. The molecule has 4 aromatic rings. The highest BCUT2D eigenvalue weighted by Gasteiger charge is 2.25. The van der Waals surface area contributed by atoms with Gasteiger partial charge in [0.1, 0.15) is 33.5 Å². The van der Waals surface area contributed by atoms with Gasteiger partial charge in [0.25, 0.3) is 5.56 Å². The number of fused-ring (bicyclic) bond motifs is 3. The van der Waals surface area contributed by atoms with Crippen molar-refractivity contribution in [3.63, 3.8) is 0 Å². The lowest BCUT2D eigenvalue weighted by Crippen LogP contribution is -2.17. The number of rotatable bonds is 4. The third-order valence-electron chi connectivity index (χ3n) is 5.32. The second-order valence-electron chi connectivity index (χ2n) is 7.39. The lowest BCUT2D eigenvalue weighted by molar-refractivity contribution is 0.964. The summed E-state index contributed by atoms with van der Waals surface area (Å²) in [5.74, 6) is 1.49. The third kappa shape index (κ3) is 2.53. The Labute approximate surface area is 158 Å². The molecule has 1 N–H and O–H groups in total. The minimum absolute atomic E-state index is 0.0560. The maximum Gasteiger partial charge on any atom is 0.275 e. The molecular formula is C20H17N5OS. The van der Waals surface area contributed by atoms with E-state index in [1.165, 1.54) is 29.7 Å². The van der Waals surface area contributed by atoms with Crippen LogP contribution in [0.3, 0.4) is 0 Å². The molecule has 0 saturated heterocycles. The van der Waals surface area contributed by atoms with Crippen LogP contribution in [0.5, 0.6) is 0 Å². The fourth-order valence-electron chi connectivity index (χ4n) is 3.50. The Bertz CT molecular complexity index is 1240. The van der Waals surface area contributed by atoms with Crippen LogP contribution in [0.2, 0.25) is 0 Å². The van der Waals surface area contributed by atoms with Crippen LogP contribution < -0.4 is 10.9 Å². The fraction of sp³-hybridized carbons (Fsp3) is 0.300. The highest BCUT2D eigenvalue weighted by Crippen LogP contribution is 2.40. The zero-order valence-electron chi connectivity index (χ0n) is 14.6. The minimum atomic E-state index is -0.0560. The molecule has 6 rings (SSSR count). The number of anilines is 1. The molecule has 0 amide bonds. The van der Waals surface area contributed by atoms with Crippen LogP contribution in [0.15, 0.2) is 41.7 Å². The molecular weight excluding hydrogens is 358 g/mol. The summed E-state index contributed by atoms with van der Waals surface area (Å²) in [5.41, 5.74) is 2.83. The van der Waals surface area contributed by atoms with Gasteiger partial charge in [0.15, 0.2) is 0 Å². The first-order valence-electron chi connectivity index (χ1n) is 9.29. The first-order valence-corrected chi connectivity index (χ1v) is 10.1. The van der Waals surface area contributed by atoms with Gasteiger partial charge in [-0.05, 0) is 49.3 Å². The number of thiophene rings is 1. The van der Waals surface area contributed by atoms with Gasteiger partial charge >= 0.3 is 0 Å². The normalized spacial score (nSPS) is 16.9. The molecule has 0 radical (unpaired) electrons. The average Bonchev–Trinajstić information content (AvgIpc) is 3.61. The van der Waals surface area contributed by atoms with E-state index in [4.69, 9.17) is 0 Å². The van der Waals surface area contributed by atoms with E-state index < -0.39 is 0 Å². The van der Waals surface area contributed by atoms with Crippen LogP contribution >= 0.6 is 11.3 Å². The SMILES string of the molecule is O=c1c2sc3ncnc(NC4CC4)c3c2ncn1-c1ccc(C2CC2)cc1. The molecule has 2 saturated carbocycles. The number of hydrogen-bond donors (Lipinski definition) is 1. The van der Waals surface area contributed by atoms with Gasteiger partial charge in [0, 0.05) is 6.04 Å². The first kappa shape index (κ1) is 15.3. The molecule has 0 atom stereocenters. The maximum atomic E-state index is 13.1. The zero-order valence-corrected chi connectivity index (χ0v) is 15.4. The zero-order chi connectivity index (χ0) is 18.0. The quantitative estimate of drug-likeness (QED) is 0.587. The maximum absolute atomic E-state index is 13.1. The molecule has 2 aliphatic carbocycles. The molecule has 2 fully saturated rings. The van der Waals surface area contributed by atoms with Crippen molar-refractivity contribution in [2.45, 2.75) is 37.6 Å². The van der Waals surface area contributed by atoms with E-state index in [9.17, 15) is 4.79 Å². The van der Waals surface area contributed by atoms with Gasteiger partial charge in [0.05, 0.1) is 11.1 Å². The molecule has 1 aromatic carbocycles. The number of nitrogens with zero attached hydrogens (tertiary/aromatic N) is 4. The average molecular weight is 375 g/mol. The molecule has 6 nitrogen and oxygen atoms in total. The highest BCUT2D eigenvalue weighted by molar-refractivity contribution is 7.25. The van der Waals surface area contributed by atoms with Crippen LogP contribution in [-0.2, 0) is 0 Å². The van der Waals surface area contributed by atoms with Crippen molar-refractivity contribution in [2.75, 3.05) is 5.32 Å². The van der Waals surface area contributed by atoms with Gasteiger partial charge in [-0.2, -0.15) is 0 Å². The number of benzene rings is 1. The van der Waals surface area contributed by atoms with E-state index in [-0.39, 0.29) is 5.56 Å². The topological polar surface area (TPSA) is 72.7 Å². The number of aromatic nitrogens is 4. The summed E-state index contributed by atoms with van der Waals surface area (Å²) in [4.78, 5) is 27.3. The van der Waals surface area contributed by atoms with Gasteiger partial charge in [0.2, 0.25) is 0 Å². The van der Waals surface area contributed by atoms with E-state index in [0.29, 0.717) is 22.2 Å². The Hall–Kier alpha value is -2.80. The van der Waals surface area contributed by atoms with Gasteiger partial charge in [-0.3, -0.25) is 9.36 Å². The lowest BCUT2D eigenvalue weighted by Gasteiger charge is -2.07. The molecule has 0 unspecified atom stereocenters. The Balaban J connectivity index is 1.50. The number of nitrogens with one attached hydrogen (secondary N) is 1. The highest BCUT2D eigenvalue weighted by atomic mass is 32.1. The molecule has 7 heteroatoms. The molecule has 3 heterocycles. The Morgan fingerprint density at radius 2 is 1.85 bits per heavy atom. The summed E-state index contributed by atoms with van der Waals surface area (Å²) in [7, 11) is 0. The predicted octanol–water partition coefficient (Wildman–Crippen LogP) is 3.84. The van der Waals surface area contributed by atoms with E-state index >= 15 is 0 Å². The molecule has 0 aliphatic heterocycles. The molecule has 0 spiro atoms. The van der Waals surface area contributed by atoms with Crippen LogP contribution in [0.1, 0.15) is 37.2 Å². The predicted molar refractivity (Wildman–Crippen MR) is 107 cm³/mol. The van der Waals surface area contributed by atoms with Gasteiger partial charge in [-0.1, -0.05) is 12.1 Å². The first-order chi connectivity index (χ1) is 13.3. The Kier molecular flexibility index (Phi) is 3.17. The van der Waals surface area contributed by atoms with Gasteiger partial charge in [-0.15, -0.1) is 11.3 Å². The molecule has 134 valence electrons. The molecule has 27 heavy (non-hydrogen) atoms. The van der Waals surface area contributed by atoms with Crippen molar-refractivity contribution in [1.82, 2.24) is 19.5 Å². The van der Waals surface area contributed by atoms with Crippen LogP contribution in [0.4, 0.5) is 5.82 Å². The Morgan fingerprint density at radius 3 is 2.59 bits per heavy atom. The van der Waals surface area contributed by atoms with Gasteiger partial charge < -0.3 is 5.32 Å². The monoisotopic (exact) mass is 375 g/mol. The van der Waals surface area contributed by atoms with Crippen LogP contribution in [-0.4, -0.2) is 25.6 Å². The Morgan fingerprint density at radius 1 is 1.04 bits per heavy atom. The minimum Gasteiger partial charge on any atom is -0.367 e. The van der Waals surface area contributed by atoms with E-state index in [1.807, 2.05) is 12.1 Å². The summed E-state index contributed by atoms with van der Waals surface area (Å²) >= 11 is 1.39. The van der Waals surface area contributed by atoms with Crippen molar-refractivity contribution < 1.29 is 0 Å². The molecule has 0 bridgehead atoms. The summed E-state index contributed by atoms with van der Waals surface area (Å²) in [6.07, 6.45) is 8.03. The van der Waals surface area contributed by atoms with Crippen molar-refractivity contribution in [3.05, 3.63) is 52.8 Å². The van der Waals surface area contributed by atoms with Crippen LogP contribution in [0.25, 0.3) is 26.1 Å². The second kappa shape index (κ2) is 5.60. The van der Waals surface area contributed by atoms with Crippen LogP contribution in [0, 0.1) is 0 Å². The number of hydrogen-bond acceptors (Lipinski definition) is 6. The fourth-order valence-corrected chi connectivity index (χ4v) is 4.53. The van der Waals surface area contributed by atoms with E-state index in [1.54, 1.807) is 17.2 Å². The molecule has 2 aliphatic rings. The third-order valence-corrected chi connectivity index (χ3v) is 6.39. The summed E-state index contributed by atoms with van der Waals surface area (Å²) in [6.45, 7) is 0. The van der Waals surface area contributed by atoms with Crippen molar-refractivity contribution in [2.24, 2.45) is 0 Å². The van der Waals surface area contributed by atoms with Crippen molar-refractivity contribution in [1.29, 1.82) is 0 Å². The second-order valence-corrected chi connectivity index (χ2v) is 8.39. The summed E-state index contributed by atoms with van der Waals surface area (Å²) in [6, 6.07) is 8.74. The van der Waals surface area contributed by atoms with Crippen molar-refractivity contribution in [3.8, 4) is 5.69 Å². The van der Waals surface area contributed by atoms with E-state index in [0.717, 1.165) is 34.6 Å².